The number of nitrogens with zero attached hydrogens (tertiary/aromatic N) is 2. The van der Waals surface area contributed by atoms with Crippen molar-refractivity contribution in [1.82, 2.24) is 10.2 Å². The molecular formula is C10H11BrN4O. The zero-order valence-corrected chi connectivity index (χ0v) is 10.3. The molecule has 0 bridgehead atoms. The summed E-state index contributed by atoms with van der Waals surface area (Å²) in [5.74, 6) is 0.412. The van der Waals surface area contributed by atoms with Crippen molar-refractivity contribution in [2.45, 2.75) is 13.5 Å². The Morgan fingerprint density at radius 1 is 1.44 bits per heavy atom. The van der Waals surface area contributed by atoms with Crippen molar-refractivity contribution in [2.75, 3.05) is 5.32 Å². The van der Waals surface area contributed by atoms with Crippen molar-refractivity contribution >= 4 is 27.6 Å². The third kappa shape index (κ3) is 2.40. The van der Waals surface area contributed by atoms with Gasteiger partial charge in [-0.25, -0.2) is 0 Å². The number of aromatic nitrogens is 2. The molecule has 0 saturated carbocycles. The summed E-state index contributed by atoms with van der Waals surface area (Å²) in [6, 6.07) is 6.26. The molecule has 0 amide bonds. The van der Waals surface area contributed by atoms with E-state index >= 15 is 0 Å². The van der Waals surface area contributed by atoms with Crippen LogP contribution in [0.5, 0.6) is 0 Å². The normalized spacial score (nSPS) is 10.4. The molecule has 0 fully saturated rings. The summed E-state index contributed by atoms with van der Waals surface area (Å²) >= 11 is 3.40. The first-order valence-corrected chi connectivity index (χ1v) is 5.54. The van der Waals surface area contributed by atoms with Crippen molar-refractivity contribution in [3.63, 3.8) is 0 Å². The summed E-state index contributed by atoms with van der Waals surface area (Å²) in [7, 11) is 0. The van der Waals surface area contributed by atoms with E-state index in [1.165, 1.54) is 0 Å². The van der Waals surface area contributed by atoms with Gasteiger partial charge in [-0.2, -0.15) is 0 Å². The zero-order chi connectivity index (χ0) is 11.5. The van der Waals surface area contributed by atoms with Gasteiger partial charge >= 0.3 is 6.01 Å². The lowest BCUT2D eigenvalue weighted by molar-refractivity contribution is 0.511. The van der Waals surface area contributed by atoms with E-state index in [0.29, 0.717) is 11.9 Å². The Hall–Kier alpha value is -1.40. The van der Waals surface area contributed by atoms with E-state index in [2.05, 4.69) is 31.4 Å². The first kappa shape index (κ1) is 11.1. The van der Waals surface area contributed by atoms with Gasteiger partial charge in [0.2, 0.25) is 5.89 Å². The second-order valence-electron chi connectivity index (χ2n) is 3.29. The quantitative estimate of drug-likeness (QED) is 0.904. The summed E-state index contributed by atoms with van der Waals surface area (Å²) in [6.45, 7) is 2.24. The predicted molar refractivity (Wildman–Crippen MR) is 64.4 cm³/mol. The fourth-order valence-corrected chi connectivity index (χ4v) is 1.59. The van der Waals surface area contributed by atoms with Crippen LogP contribution in [0, 0.1) is 6.92 Å². The molecule has 6 heteroatoms. The molecule has 0 atom stereocenters. The Bertz CT molecular complexity index is 497. The van der Waals surface area contributed by atoms with E-state index in [4.69, 9.17) is 10.2 Å². The summed E-state index contributed by atoms with van der Waals surface area (Å²) in [5, 5.41) is 10.6. The molecule has 0 aliphatic heterocycles. The van der Waals surface area contributed by atoms with Gasteiger partial charge in [-0.05, 0) is 24.6 Å². The lowest BCUT2D eigenvalue weighted by atomic mass is 10.2. The minimum Gasteiger partial charge on any atom is -0.406 e. The maximum atomic E-state index is 5.38. The van der Waals surface area contributed by atoms with Gasteiger partial charge in [-0.15, -0.1) is 5.10 Å². The van der Waals surface area contributed by atoms with Gasteiger partial charge in [0.05, 0.1) is 6.54 Å². The van der Waals surface area contributed by atoms with Crippen LogP contribution in [0.15, 0.2) is 27.1 Å². The Balaban J connectivity index is 2.22. The minimum atomic E-state index is 0.242. The minimum absolute atomic E-state index is 0.242. The fraction of sp³-hybridized carbons (Fsp3) is 0.200. The number of hydrogen-bond donors (Lipinski definition) is 2. The molecule has 1 aromatic carbocycles. The topological polar surface area (TPSA) is 77.0 Å². The Morgan fingerprint density at radius 3 is 2.94 bits per heavy atom. The van der Waals surface area contributed by atoms with Crippen molar-refractivity contribution < 1.29 is 4.42 Å². The zero-order valence-electron chi connectivity index (χ0n) is 8.70. The lowest BCUT2D eigenvalue weighted by Crippen LogP contribution is -1.95. The number of benzene rings is 1. The van der Waals surface area contributed by atoms with Gasteiger partial charge in [-0.1, -0.05) is 27.1 Å². The molecule has 2 rings (SSSR count). The van der Waals surface area contributed by atoms with Crippen LogP contribution in [0.4, 0.5) is 11.7 Å². The van der Waals surface area contributed by atoms with E-state index in [0.717, 1.165) is 15.7 Å². The average molecular weight is 283 g/mol. The number of rotatable bonds is 3. The standard InChI is InChI=1S/C10H11BrN4O/c1-6-2-3-7(11)4-8(6)13-10-15-14-9(5-12)16-10/h2-4H,5,12H2,1H3,(H,13,15). The molecule has 84 valence electrons. The Kier molecular flexibility index (Phi) is 3.21. The van der Waals surface area contributed by atoms with E-state index in [9.17, 15) is 0 Å². The number of hydrogen-bond acceptors (Lipinski definition) is 5. The van der Waals surface area contributed by atoms with Crippen molar-refractivity contribution in [2.24, 2.45) is 5.73 Å². The van der Waals surface area contributed by atoms with Gasteiger partial charge in [0, 0.05) is 10.2 Å². The van der Waals surface area contributed by atoms with Crippen molar-refractivity contribution in [3.8, 4) is 0 Å². The van der Waals surface area contributed by atoms with Gasteiger partial charge in [0.15, 0.2) is 0 Å². The molecular weight excluding hydrogens is 272 g/mol. The predicted octanol–water partition coefficient (Wildman–Crippen LogP) is 2.34. The maximum absolute atomic E-state index is 5.38. The number of anilines is 2. The largest absolute Gasteiger partial charge is 0.406 e. The Labute approximate surface area is 101 Å². The molecule has 0 aliphatic carbocycles. The molecule has 0 unspecified atom stereocenters. The smallest absolute Gasteiger partial charge is 0.320 e. The summed E-state index contributed by atoms with van der Waals surface area (Å²) < 4.78 is 6.24. The van der Waals surface area contributed by atoms with Gasteiger partial charge in [0.1, 0.15) is 0 Å². The van der Waals surface area contributed by atoms with Crippen LogP contribution < -0.4 is 11.1 Å². The molecule has 3 N–H and O–H groups in total. The summed E-state index contributed by atoms with van der Waals surface area (Å²) in [5.41, 5.74) is 7.39. The highest BCUT2D eigenvalue weighted by Crippen LogP contribution is 2.23. The highest BCUT2D eigenvalue weighted by molar-refractivity contribution is 9.10. The summed E-state index contributed by atoms with van der Waals surface area (Å²) in [4.78, 5) is 0. The van der Waals surface area contributed by atoms with Gasteiger partial charge in [-0.3, -0.25) is 0 Å². The second kappa shape index (κ2) is 4.63. The van der Waals surface area contributed by atoms with Crippen LogP contribution in [0.2, 0.25) is 0 Å². The first-order valence-electron chi connectivity index (χ1n) is 4.74. The summed E-state index contributed by atoms with van der Waals surface area (Å²) in [6.07, 6.45) is 0. The monoisotopic (exact) mass is 282 g/mol. The van der Waals surface area contributed by atoms with E-state index in [-0.39, 0.29) is 6.54 Å². The van der Waals surface area contributed by atoms with Crippen LogP contribution in [0.3, 0.4) is 0 Å². The molecule has 0 radical (unpaired) electrons. The van der Waals surface area contributed by atoms with E-state index in [1.54, 1.807) is 0 Å². The third-order valence-electron chi connectivity index (χ3n) is 2.08. The fourth-order valence-electron chi connectivity index (χ4n) is 1.23. The average Bonchev–Trinajstić information content (AvgIpc) is 2.71. The SMILES string of the molecule is Cc1ccc(Br)cc1Nc1nnc(CN)o1. The van der Waals surface area contributed by atoms with Crippen LogP contribution in [-0.4, -0.2) is 10.2 Å². The molecule has 0 aliphatic rings. The van der Waals surface area contributed by atoms with Crippen LogP contribution in [0.1, 0.15) is 11.5 Å². The van der Waals surface area contributed by atoms with Crippen LogP contribution in [-0.2, 0) is 6.54 Å². The van der Waals surface area contributed by atoms with Crippen LogP contribution >= 0.6 is 15.9 Å². The molecule has 2 aromatic rings. The van der Waals surface area contributed by atoms with Crippen molar-refractivity contribution in [3.05, 3.63) is 34.1 Å². The number of nitrogens with one attached hydrogen (secondary N) is 1. The molecule has 1 heterocycles. The second-order valence-corrected chi connectivity index (χ2v) is 4.20. The highest BCUT2D eigenvalue weighted by atomic mass is 79.9. The molecule has 16 heavy (non-hydrogen) atoms. The molecule has 0 saturated heterocycles. The highest BCUT2D eigenvalue weighted by Gasteiger charge is 2.06. The molecule has 5 nitrogen and oxygen atoms in total. The molecule has 0 spiro atoms. The first-order chi connectivity index (χ1) is 7.69. The van der Waals surface area contributed by atoms with Crippen molar-refractivity contribution in [1.29, 1.82) is 0 Å². The number of nitrogens with two attached hydrogens (primary N) is 1. The maximum Gasteiger partial charge on any atom is 0.320 e. The lowest BCUT2D eigenvalue weighted by Gasteiger charge is -2.05. The molecule has 1 aromatic heterocycles. The van der Waals surface area contributed by atoms with Crippen LogP contribution in [0.25, 0.3) is 0 Å². The van der Waals surface area contributed by atoms with E-state index in [1.807, 2.05) is 25.1 Å². The van der Waals surface area contributed by atoms with Gasteiger partial charge in [0.25, 0.3) is 0 Å². The number of aryl methyl sites for hydroxylation is 1. The number of halogens is 1. The van der Waals surface area contributed by atoms with Gasteiger partial charge < -0.3 is 15.5 Å². The van der Waals surface area contributed by atoms with E-state index < -0.39 is 0 Å². The third-order valence-corrected chi connectivity index (χ3v) is 2.58. The Morgan fingerprint density at radius 2 is 2.25 bits per heavy atom.